The van der Waals surface area contributed by atoms with Crippen molar-refractivity contribution in [1.82, 2.24) is 0 Å². The Morgan fingerprint density at radius 1 is 1.29 bits per heavy atom. The van der Waals surface area contributed by atoms with Gasteiger partial charge in [-0.1, -0.05) is 24.3 Å². The molecule has 17 heavy (non-hydrogen) atoms. The second-order valence-electron chi connectivity index (χ2n) is 4.56. The molecule has 0 spiro atoms. The lowest BCUT2D eigenvalue weighted by atomic mass is 9.92. The van der Waals surface area contributed by atoms with E-state index in [1.165, 1.54) is 10.4 Å². The van der Waals surface area contributed by atoms with Crippen LogP contribution in [0, 0.1) is 0 Å². The molecule has 0 fully saturated rings. The van der Waals surface area contributed by atoms with Crippen LogP contribution in [-0.2, 0) is 18.4 Å². The molecule has 3 rings (SSSR count). The highest BCUT2D eigenvalue weighted by Crippen LogP contribution is 2.41. The van der Waals surface area contributed by atoms with Gasteiger partial charge in [0.25, 0.3) is 0 Å². The predicted molar refractivity (Wildman–Crippen MR) is 74.4 cm³/mol. The van der Waals surface area contributed by atoms with Gasteiger partial charge in [-0.3, -0.25) is 0 Å². The molecule has 2 aromatic rings. The molecule has 1 unspecified atom stereocenters. The third-order valence-electron chi connectivity index (χ3n) is 3.47. The Bertz CT molecular complexity index is 549. The Balaban J connectivity index is 1.96. The van der Waals surface area contributed by atoms with Gasteiger partial charge in [0.1, 0.15) is 0 Å². The zero-order valence-electron chi connectivity index (χ0n) is 9.32. The molecule has 3 heteroatoms. The molecule has 1 aromatic carbocycles. The zero-order chi connectivity index (χ0) is 11.9. The molecule has 1 atom stereocenters. The van der Waals surface area contributed by atoms with Gasteiger partial charge in [0.15, 0.2) is 0 Å². The van der Waals surface area contributed by atoms with E-state index in [9.17, 15) is 5.11 Å². The van der Waals surface area contributed by atoms with Crippen LogP contribution in [-0.4, -0.2) is 5.11 Å². The summed E-state index contributed by atoms with van der Waals surface area (Å²) < 4.78 is 1.11. The molecule has 0 radical (unpaired) electrons. The van der Waals surface area contributed by atoms with Crippen molar-refractivity contribution >= 4 is 27.3 Å². The molecule has 1 nitrogen and oxygen atoms in total. The molecule has 0 bridgehead atoms. The maximum Gasteiger partial charge on any atom is 0.0950 e. The van der Waals surface area contributed by atoms with E-state index in [-0.39, 0.29) is 0 Å². The van der Waals surface area contributed by atoms with Crippen LogP contribution in [0.1, 0.15) is 22.4 Å². The second-order valence-corrected chi connectivity index (χ2v) is 6.41. The summed E-state index contributed by atoms with van der Waals surface area (Å²) >= 11 is 5.24. The van der Waals surface area contributed by atoms with Crippen molar-refractivity contribution in [3.63, 3.8) is 0 Å². The Morgan fingerprint density at radius 2 is 2.12 bits per heavy atom. The third kappa shape index (κ3) is 1.96. The van der Waals surface area contributed by atoms with Gasteiger partial charge in [-0.15, -0.1) is 11.3 Å². The average Bonchev–Trinajstić information content (AvgIpc) is 2.87. The minimum atomic E-state index is -0.677. The van der Waals surface area contributed by atoms with Gasteiger partial charge in [-0.25, -0.2) is 0 Å². The number of aryl methyl sites for hydroxylation is 1. The molecular formula is C14H13BrOS. The first-order chi connectivity index (χ1) is 8.19. The molecule has 0 aliphatic heterocycles. The van der Waals surface area contributed by atoms with Gasteiger partial charge in [0.2, 0.25) is 0 Å². The Morgan fingerprint density at radius 3 is 2.88 bits per heavy atom. The van der Waals surface area contributed by atoms with Crippen molar-refractivity contribution in [1.29, 1.82) is 0 Å². The Kier molecular flexibility index (Phi) is 2.85. The summed E-state index contributed by atoms with van der Waals surface area (Å²) in [6, 6.07) is 10.3. The van der Waals surface area contributed by atoms with E-state index in [0.29, 0.717) is 6.42 Å². The summed E-state index contributed by atoms with van der Waals surface area (Å²) in [5, 5.41) is 12.9. The predicted octanol–water partition coefficient (Wildman–Crippen LogP) is 3.89. The molecular weight excluding hydrogens is 296 g/mol. The lowest BCUT2D eigenvalue weighted by Crippen LogP contribution is -2.24. The number of aliphatic hydroxyl groups is 1. The maximum absolute atomic E-state index is 10.8. The highest BCUT2D eigenvalue weighted by molar-refractivity contribution is 9.10. The fraction of sp³-hybridized carbons (Fsp3) is 0.286. The van der Waals surface area contributed by atoms with Gasteiger partial charge in [0.05, 0.1) is 5.60 Å². The quantitative estimate of drug-likeness (QED) is 0.892. The van der Waals surface area contributed by atoms with Crippen molar-refractivity contribution in [2.45, 2.75) is 24.9 Å². The first-order valence-corrected chi connectivity index (χ1v) is 7.39. The number of benzene rings is 1. The summed E-state index contributed by atoms with van der Waals surface area (Å²) in [6.07, 6.45) is 2.52. The number of fused-ring (bicyclic) bond motifs is 1. The summed E-state index contributed by atoms with van der Waals surface area (Å²) in [5.74, 6) is 0. The molecule has 0 saturated heterocycles. The van der Waals surface area contributed by atoms with E-state index in [4.69, 9.17) is 0 Å². The van der Waals surface area contributed by atoms with Crippen LogP contribution < -0.4 is 0 Å². The van der Waals surface area contributed by atoms with Crippen LogP contribution in [0.25, 0.3) is 0 Å². The normalized spacial score (nSPS) is 22.7. The summed E-state index contributed by atoms with van der Waals surface area (Å²) in [5.41, 5.74) is 1.73. The molecule has 1 aliphatic carbocycles. The molecule has 1 aromatic heterocycles. The topological polar surface area (TPSA) is 20.2 Å². The summed E-state index contributed by atoms with van der Waals surface area (Å²) in [7, 11) is 0. The highest BCUT2D eigenvalue weighted by atomic mass is 79.9. The molecule has 0 saturated carbocycles. The SMILES string of the molecule is OC1(Cc2sccc2Br)CCc2ccccc21. The average molecular weight is 309 g/mol. The van der Waals surface area contributed by atoms with Crippen LogP contribution >= 0.6 is 27.3 Å². The number of hydrogen-bond donors (Lipinski definition) is 1. The van der Waals surface area contributed by atoms with Crippen molar-refractivity contribution < 1.29 is 5.11 Å². The van der Waals surface area contributed by atoms with E-state index in [1.54, 1.807) is 11.3 Å². The second kappa shape index (κ2) is 4.23. The fourth-order valence-corrected chi connectivity index (χ4v) is 4.17. The molecule has 0 amide bonds. The number of hydrogen-bond acceptors (Lipinski definition) is 2. The summed E-state index contributed by atoms with van der Waals surface area (Å²) in [6.45, 7) is 0. The number of halogens is 1. The monoisotopic (exact) mass is 308 g/mol. The molecule has 1 N–H and O–H groups in total. The lowest BCUT2D eigenvalue weighted by molar-refractivity contribution is 0.0396. The van der Waals surface area contributed by atoms with E-state index >= 15 is 0 Å². The van der Waals surface area contributed by atoms with Gasteiger partial charge in [-0.2, -0.15) is 0 Å². The smallest absolute Gasteiger partial charge is 0.0950 e. The number of thiophene rings is 1. The third-order valence-corrected chi connectivity index (χ3v) is 5.40. The Hall–Kier alpha value is -0.640. The molecule has 1 aliphatic rings. The van der Waals surface area contributed by atoms with Crippen molar-refractivity contribution in [2.75, 3.05) is 0 Å². The zero-order valence-corrected chi connectivity index (χ0v) is 11.7. The van der Waals surface area contributed by atoms with Gasteiger partial charge in [-0.05, 0) is 51.3 Å². The van der Waals surface area contributed by atoms with Crippen LogP contribution in [0.3, 0.4) is 0 Å². The van der Waals surface area contributed by atoms with Crippen LogP contribution in [0.5, 0.6) is 0 Å². The van der Waals surface area contributed by atoms with Crippen molar-refractivity contribution in [2.24, 2.45) is 0 Å². The Labute approximate surface area is 113 Å². The van der Waals surface area contributed by atoms with E-state index in [0.717, 1.165) is 22.9 Å². The largest absolute Gasteiger partial charge is 0.385 e. The fourth-order valence-electron chi connectivity index (χ4n) is 2.57. The maximum atomic E-state index is 10.8. The molecule has 88 valence electrons. The first kappa shape index (κ1) is 11.5. The van der Waals surface area contributed by atoms with E-state index < -0.39 is 5.60 Å². The summed E-state index contributed by atoms with van der Waals surface area (Å²) in [4.78, 5) is 1.23. The van der Waals surface area contributed by atoms with Gasteiger partial charge < -0.3 is 5.11 Å². The highest BCUT2D eigenvalue weighted by Gasteiger charge is 2.37. The van der Waals surface area contributed by atoms with Crippen LogP contribution in [0.4, 0.5) is 0 Å². The lowest BCUT2D eigenvalue weighted by Gasteiger charge is -2.23. The minimum absolute atomic E-state index is 0.677. The van der Waals surface area contributed by atoms with Gasteiger partial charge in [0, 0.05) is 15.8 Å². The minimum Gasteiger partial charge on any atom is -0.385 e. The van der Waals surface area contributed by atoms with E-state index in [1.807, 2.05) is 18.2 Å². The van der Waals surface area contributed by atoms with E-state index in [2.05, 4.69) is 33.4 Å². The standard InChI is InChI=1S/C14H13BrOS/c15-12-6-8-17-13(12)9-14(16)7-5-10-3-1-2-4-11(10)14/h1-4,6,8,16H,5,7,9H2. The number of rotatable bonds is 2. The van der Waals surface area contributed by atoms with Crippen molar-refractivity contribution in [3.8, 4) is 0 Å². The molecule has 1 heterocycles. The first-order valence-electron chi connectivity index (χ1n) is 5.72. The van der Waals surface area contributed by atoms with Crippen LogP contribution in [0.2, 0.25) is 0 Å². The van der Waals surface area contributed by atoms with Crippen molar-refractivity contribution in [3.05, 3.63) is 56.2 Å². The van der Waals surface area contributed by atoms with Gasteiger partial charge >= 0.3 is 0 Å². The van der Waals surface area contributed by atoms with Crippen LogP contribution in [0.15, 0.2) is 40.2 Å².